The zero-order valence-corrected chi connectivity index (χ0v) is 8.02. The third-order valence-corrected chi connectivity index (χ3v) is 2.00. The summed E-state index contributed by atoms with van der Waals surface area (Å²) in [7, 11) is 1.93. The van der Waals surface area contributed by atoms with Crippen LogP contribution in [0.25, 0.3) is 0 Å². The first-order chi connectivity index (χ1) is 5.81. The van der Waals surface area contributed by atoms with E-state index in [2.05, 4.69) is 36.3 Å². The molecule has 1 aromatic heterocycles. The van der Waals surface area contributed by atoms with Gasteiger partial charge in [0.2, 0.25) is 0 Å². The molecule has 2 nitrogen and oxygen atoms in total. The van der Waals surface area contributed by atoms with E-state index in [0.717, 1.165) is 24.2 Å². The van der Waals surface area contributed by atoms with Crippen molar-refractivity contribution in [1.82, 2.24) is 4.98 Å². The minimum atomic E-state index is 0.990. The van der Waals surface area contributed by atoms with E-state index >= 15 is 0 Å². The molecule has 0 amide bonds. The van der Waals surface area contributed by atoms with Gasteiger partial charge in [0.25, 0.3) is 0 Å². The second-order valence-electron chi connectivity index (χ2n) is 2.75. The number of hydrogen-bond donors (Lipinski definition) is 1. The average molecular weight is 164 g/mol. The first kappa shape index (κ1) is 9.04. The third kappa shape index (κ3) is 1.76. The highest BCUT2D eigenvalue weighted by molar-refractivity contribution is 5.47. The molecule has 66 valence electrons. The molecule has 12 heavy (non-hydrogen) atoms. The van der Waals surface area contributed by atoms with Crippen molar-refractivity contribution in [2.24, 2.45) is 0 Å². The Morgan fingerprint density at radius 2 is 2.00 bits per heavy atom. The molecule has 0 spiro atoms. The molecule has 1 heterocycles. The van der Waals surface area contributed by atoms with Crippen molar-refractivity contribution < 1.29 is 0 Å². The van der Waals surface area contributed by atoms with E-state index < -0.39 is 0 Å². The maximum atomic E-state index is 4.52. The second-order valence-corrected chi connectivity index (χ2v) is 2.75. The predicted molar refractivity (Wildman–Crippen MR) is 52.5 cm³/mol. The molecule has 0 aliphatic heterocycles. The lowest BCUT2D eigenvalue weighted by atomic mass is 10.2. The number of nitrogens with one attached hydrogen (secondary N) is 1. The molecule has 0 unspecified atom stereocenters. The van der Waals surface area contributed by atoms with Crippen LogP contribution in [-0.4, -0.2) is 12.0 Å². The van der Waals surface area contributed by atoms with Crippen LogP contribution in [-0.2, 0) is 12.8 Å². The first-order valence-electron chi connectivity index (χ1n) is 4.48. The fourth-order valence-electron chi connectivity index (χ4n) is 1.24. The Morgan fingerprint density at radius 1 is 1.25 bits per heavy atom. The summed E-state index contributed by atoms with van der Waals surface area (Å²) in [6, 6.07) is 4.18. The highest BCUT2D eigenvalue weighted by Crippen LogP contribution is 2.13. The molecular formula is C10H16N2. The molecule has 0 atom stereocenters. The van der Waals surface area contributed by atoms with Gasteiger partial charge in [-0.1, -0.05) is 13.8 Å². The summed E-state index contributed by atoms with van der Waals surface area (Å²) in [5, 5.41) is 3.14. The van der Waals surface area contributed by atoms with E-state index in [9.17, 15) is 0 Å². The molecule has 0 saturated heterocycles. The number of anilines is 1. The van der Waals surface area contributed by atoms with Crippen molar-refractivity contribution in [1.29, 1.82) is 0 Å². The van der Waals surface area contributed by atoms with Gasteiger partial charge >= 0.3 is 0 Å². The van der Waals surface area contributed by atoms with Gasteiger partial charge in [0.05, 0.1) is 11.4 Å². The Hall–Kier alpha value is -1.05. The Balaban J connectivity index is 3.02. The number of hydrogen-bond acceptors (Lipinski definition) is 2. The maximum Gasteiger partial charge on any atom is 0.0635 e. The van der Waals surface area contributed by atoms with Crippen LogP contribution in [0.2, 0.25) is 0 Å². The minimum absolute atomic E-state index is 0.990. The topological polar surface area (TPSA) is 24.9 Å². The third-order valence-electron chi connectivity index (χ3n) is 2.00. The van der Waals surface area contributed by atoms with E-state index in [1.165, 1.54) is 5.69 Å². The zero-order chi connectivity index (χ0) is 8.97. The SMILES string of the molecule is CCc1ccc(NC)c(CC)n1. The number of rotatable bonds is 3. The van der Waals surface area contributed by atoms with Crippen molar-refractivity contribution in [2.45, 2.75) is 26.7 Å². The van der Waals surface area contributed by atoms with Crippen LogP contribution in [0, 0.1) is 0 Å². The summed E-state index contributed by atoms with van der Waals surface area (Å²) in [4.78, 5) is 4.52. The van der Waals surface area contributed by atoms with Crippen LogP contribution in [0.5, 0.6) is 0 Å². The standard InChI is InChI=1S/C10H16N2/c1-4-8-6-7-10(11-3)9(5-2)12-8/h6-7,11H,4-5H2,1-3H3. The van der Waals surface area contributed by atoms with Crippen molar-refractivity contribution in [3.8, 4) is 0 Å². The van der Waals surface area contributed by atoms with Gasteiger partial charge in [-0.3, -0.25) is 4.98 Å². The number of aryl methyl sites for hydroxylation is 2. The fraction of sp³-hybridized carbons (Fsp3) is 0.500. The molecule has 0 bridgehead atoms. The van der Waals surface area contributed by atoms with Gasteiger partial charge in [0.15, 0.2) is 0 Å². The van der Waals surface area contributed by atoms with E-state index in [1.54, 1.807) is 0 Å². The molecule has 0 saturated carbocycles. The first-order valence-corrected chi connectivity index (χ1v) is 4.48. The van der Waals surface area contributed by atoms with E-state index in [-0.39, 0.29) is 0 Å². The second kappa shape index (κ2) is 4.10. The number of pyridine rings is 1. The van der Waals surface area contributed by atoms with Crippen LogP contribution < -0.4 is 5.32 Å². The lowest BCUT2D eigenvalue weighted by Crippen LogP contribution is -1.99. The fourth-order valence-corrected chi connectivity index (χ4v) is 1.24. The van der Waals surface area contributed by atoms with Gasteiger partial charge in [0, 0.05) is 12.7 Å². The summed E-state index contributed by atoms with van der Waals surface area (Å²) in [5.41, 5.74) is 3.48. The molecule has 0 aromatic carbocycles. The van der Waals surface area contributed by atoms with Crippen LogP contribution >= 0.6 is 0 Å². The van der Waals surface area contributed by atoms with Gasteiger partial charge in [-0.2, -0.15) is 0 Å². The maximum absolute atomic E-state index is 4.52. The van der Waals surface area contributed by atoms with E-state index in [0.29, 0.717) is 0 Å². The smallest absolute Gasteiger partial charge is 0.0635 e. The number of nitrogens with zero attached hydrogens (tertiary/aromatic N) is 1. The highest BCUT2D eigenvalue weighted by atomic mass is 14.9. The van der Waals surface area contributed by atoms with Crippen molar-refractivity contribution in [3.63, 3.8) is 0 Å². The van der Waals surface area contributed by atoms with E-state index in [4.69, 9.17) is 0 Å². The summed E-state index contributed by atoms with van der Waals surface area (Å²) in [6.07, 6.45) is 2.00. The van der Waals surface area contributed by atoms with Gasteiger partial charge in [-0.25, -0.2) is 0 Å². The van der Waals surface area contributed by atoms with Gasteiger partial charge in [-0.05, 0) is 25.0 Å². The monoisotopic (exact) mass is 164 g/mol. The predicted octanol–water partition coefficient (Wildman–Crippen LogP) is 2.25. The van der Waals surface area contributed by atoms with Crippen LogP contribution in [0.3, 0.4) is 0 Å². The Labute approximate surface area is 74.0 Å². The number of aromatic nitrogens is 1. The highest BCUT2D eigenvalue weighted by Gasteiger charge is 2.00. The lowest BCUT2D eigenvalue weighted by molar-refractivity contribution is 0.956. The lowest BCUT2D eigenvalue weighted by Gasteiger charge is -2.07. The minimum Gasteiger partial charge on any atom is -0.387 e. The molecule has 0 radical (unpaired) electrons. The summed E-state index contributed by atoms with van der Waals surface area (Å²) in [5.74, 6) is 0. The molecule has 1 rings (SSSR count). The van der Waals surface area contributed by atoms with Crippen LogP contribution in [0.4, 0.5) is 5.69 Å². The Bertz CT molecular complexity index is 256. The normalized spacial score (nSPS) is 9.92. The Kier molecular flexibility index (Phi) is 3.09. The molecule has 0 fully saturated rings. The zero-order valence-electron chi connectivity index (χ0n) is 8.02. The summed E-state index contributed by atoms with van der Waals surface area (Å²) in [6.45, 7) is 4.25. The van der Waals surface area contributed by atoms with Gasteiger partial charge < -0.3 is 5.32 Å². The molecule has 1 N–H and O–H groups in total. The molecule has 0 aliphatic carbocycles. The van der Waals surface area contributed by atoms with Gasteiger partial charge in [-0.15, -0.1) is 0 Å². The summed E-state index contributed by atoms with van der Waals surface area (Å²) >= 11 is 0. The molecule has 0 aliphatic rings. The molecular weight excluding hydrogens is 148 g/mol. The average Bonchev–Trinajstić information content (AvgIpc) is 2.16. The van der Waals surface area contributed by atoms with Crippen molar-refractivity contribution in [2.75, 3.05) is 12.4 Å². The van der Waals surface area contributed by atoms with Gasteiger partial charge in [0.1, 0.15) is 0 Å². The Morgan fingerprint density at radius 3 is 2.50 bits per heavy atom. The van der Waals surface area contributed by atoms with Crippen molar-refractivity contribution in [3.05, 3.63) is 23.5 Å². The molecule has 1 aromatic rings. The van der Waals surface area contributed by atoms with Crippen molar-refractivity contribution >= 4 is 5.69 Å². The van der Waals surface area contributed by atoms with Crippen LogP contribution in [0.1, 0.15) is 25.2 Å². The summed E-state index contributed by atoms with van der Waals surface area (Å²) < 4.78 is 0. The van der Waals surface area contributed by atoms with Crippen LogP contribution in [0.15, 0.2) is 12.1 Å². The largest absolute Gasteiger partial charge is 0.387 e. The molecule has 2 heteroatoms. The quantitative estimate of drug-likeness (QED) is 0.741. The van der Waals surface area contributed by atoms with E-state index in [1.807, 2.05) is 7.05 Å².